The van der Waals surface area contributed by atoms with Gasteiger partial charge in [0.05, 0.1) is 20.3 Å². The molecule has 0 aliphatic carbocycles. The molecule has 2 aromatic rings. The first-order chi connectivity index (χ1) is 13.7. The number of benzene rings is 2. The predicted octanol–water partition coefficient (Wildman–Crippen LogP) is 3.29. The van der Waals surface area contributed by atoms with Crippen LogP contribution in [0.15, 0.2) is 42.5 Å². The van der Waals surface area contributed by atoms with E-state index in [1.165, 1.54) is 16.7 Å². The highest BCUT2D eigenvalue weighted by Gasteiger charge is 2.29. The van der Waals surface area contributed by atoms with Crippen LogP contribution in [0.1, 0.15) is 29.7 Å². The van der Waals surface area contributed by atoms with Crippen molar-refractivity contribution in [1.82, 2.24) is 15.5 Å². The smallest absolute Gasteiger partial charge is 0.166 e. The van der Waals surface area contributed by atoms with Crippen molar-refractivity contribution in [2.75, 3.05) is 33.9 Å². The zero-order chi connectivity index (χ0) is 19.9. The molecule has 2 aromatic carbocycles. The highest BCUT2D eigenvalue weighted by atomic mass is 32.1. The molecule has 0 aromatic heterocycles. The van der Waals surface area contributed by atoms with Crippen molar-refractivity contribution in [2.24, 2.45) is 0 Å². The van der Waals surface area contributed by atoms with Gasteiger partial charge in [-0.05, 0) is 54.4 Å². The maximum atomic E-state index is 5.57. The number of nitrogens with zero attached hydrogens (tertiary/aromatic N) is 1. The summed E-state index contributed by atoms with van der Waals surface area (Å²) in [6.45, 7) is 5.47. The molecular weight excluding hydrogens is 370 g/mol. The minimum atomic E-state index is 0.195. The molecule has 0 saturated carbocycles. The van der Waals surface area contributed by atoms with Crippen LogP contribution in [-0.2, 0) is 13.0 Å². The van der Waals surface area contributed by atoms with E-state index in [4.69, 9.17) is 21.7 Å². The van der Waals surface area contributed by atoms with Gasteiger partial charge in [-0.1, -0.05) is 30.3 Å². The summed E-state index contributed by atoms with van der Waals surface area (Å²) < 4.78 is 11.1. The summed E-state index contributed by atoms with van der Waals surface area (Å²) in [5, 5.41) is 7.24. The van der Waals surface area contributed by atoms with Crippen molar-refractivity contribution < 1.29 is 9.47 Å². The van der Waals surface area contributed by atoms with Crippen LogP contribution in [0.4, 0.5) is 0 Å². The van der Waals surface area contributed by atoms with Crippen LogP contribution < -0.4 is 20.1 Å². The van der Waals surface area contributed by atoms with E-state index in [1.807, 2.05) is 6.92 Å². The molecule has 0 bridgehead atoms. The van der Waals surface area contributed by atoms with Crippen molar-refractivity contribution in [3.05, 3.63) is 59.2 Å². The number of nitrogens with one attached hydrogen (secondary N) is 2. The Morgan fingerprint density at radius 2 is 1.82 bits per heavy atom. The van der Waals surface area contributed by atoms with E-state index in [0.29, 0.717) is 5.11 Å². The van der Waals surface area contributed by atoms with E-state index >= 15 is 0 Å². The summed E-state index contributed by atoms with van der Waals surface area (Å²) in [7, 11) is 3.37. The fourth-order valence-electron chi connectivity index (χ4n) is 3.74. The van der Waals surface area contributed by atoms with E-state index in [2.05, 4.69) is 58.0 Å². The third-order valence-corrected chi connectivity index (χ3v) is 5.42. The van der Waals surface area contributed by atoms with E-state index in [1.54, 1.807) is 14.2 Å². The highest BCUT2D eigenvalue weighted by Crippen LogP contribution is 2.38. The number of rotatable bonds is 7. The third kappa shape index (κ3) is 4.75. The molecule has 1 heterocycles. The molecule has 1 unspecified atom stereocenters. The van der Waals surface area contributed by atoms with Crippen molar-refractivity contribution in [2.45, 2.75) is 25.9 Å². The summed E-state index contributed by atoms with van der Waals surface area (Å²) >= 11 is 5.39. The summed E-state index contributed by atoms with van der Waals surface area (Å²) in [5.74, 6) is 1.55. The van der Waals surface area contributed by atoms with Crippen molar-refractivity contribution in [3.8, 4) is 11.5 Å². The van der Waals surface area contributed by atoms with Crippen molar-refractivity contribution in [1.29, 1.82) is 0 Å². The fraction of sp³-hybridized carbons (Fsp3) is 0.409. The Hall–Kier alpha value is -2.31. The third-order valence-electron chi connectivity index (χ3n) is 5.14. The molecule has 0 spiro atoms. The molecule has 0 saturated heterocycles. The first-order valence-electron chi connectivity index (χ1n) is 9.70. The Balaban J connectivity index is 1.89. The second-order valence-electron chi connectivity index (χ2n) is 6.87. The monoisotopic (exact) mass is 399 g/mol. The van der Waals surface area contributed by atoms with Crippen molar-refractivity contribution >= 4 is 17.3 Å². The van der Waals surface area contributed by atoms with Gasteiger partial charge in [-0.25, -0.2) is 0 Å². The molecule has 6 heteroatoms. The Labute approximate surface area is 173 Å². The largest absolute Gasteiger partial charge is 0.493 e. The zero-order valence-electron chi connectivity index (χ0n) is 16.8. The number of fused-ring (bicyclic) bond motifs is 1. The SMILES string of the molecule is CCNC(=S)NCC1c2cc(OC)c(OC)cc2CCN1Cc1ccccc1. The molecule has 1 aliphatic rings. The first kappa shape index (κ1) is 20.4. The molecule has 2 N–H and O–H groups in total. The molecule has 150 valence electrons. The molecule has 5 nitrogen and oxygen atoms in total. The van der Waals surface area contributed by atoms with E-state index < -0.39 is 0 Å². The molecule has 1 atom stereocenters. The normalized spacial score (nSPS) is 16.2. The van der Waals surface area contributed by atoms with Gasteiger partial charge in [0.15, 0.2) is 16.6 Å². The Kier molecular flexibility index (Phi) is 7.12. The molecule has 0 amide bonds. The minimum Gasteiger partial charge on any atom is -0.493 e. The summed E-state index contributed by atoms with van der Waals surface area (Å²) in [6, 6.07) is 15.0. The number of hydrogen-bond acceptors (Lipinski definition) is 4. The Morgan fingerprint density at radius 3 is 2.50 bits per heavy atom. The van der Waals surface area contributed by atoms with E-state index in [9.17, 15) is 0 Å². The lowest BCUT2D eigenvalue weighted by molar-refractivity contribution is 0.176. The quantitative estimate of drug-likeness (QED) is 0.697. The molecule has 0 radical (unpaired) electrons. The second kappa shape index (κ2) is 9.75. The van der Waals surface area contributed by atoms with E-state index in [-0.39, 0.29) is 6.04 Å². The standard InChI is InChI=1S/C22H29N3O2S/c1-4-23-22(28)24-14-19-18-13-21(27-3)20(26-2)12-17(18)10-11-25(19)15-16-8-6-5-7-9-16/h5-9,12-13,19H,4,10-11,14-15H2,1-3H3,(H2,23,24,28). The number of ether oxygens (including phenoxy) is 2. The lowest BCUT2D eigenvalue weighted by Gasteiger charge is -2.38. The zero-order valence-corrected chi connectivity index (χ0v) is 17.6. The predicted molar refractivity (Wildman–Crippen MR) is 117 cm³/mol. The topological polar surface area (TPSA) is 45.8 Å². The van der Waals surface area contributed by atoms with Crippen LogP contribution in [0.5, 0.6) is 11.5 Å². The molecule has 28 heavy (non-hydrogen) atoms. The lowest BCUT2D eigenvalue weighted by atomic mass is 9.91. The molecule has 1 aliphatic heterocycles. The van der Waals surface area contributed by atoms with Crippen LogP contribution in [0, 0.1) is 0 Å². The van der Waals surface area contributed by atoms with Gasteiger partial charge >= 0.3 is 0 Å². The Morgan fingerprint density at radius 1 is 1.11 bits per heavy atom. The van der Waals surface area contributed by atoms with Gasteiger partial charge in [-0.3, -0.25) is 4.90 Å². The molecular formula is C22H29N3O2S. The Bertz CT molecular complexity index is 798. The number of methoxy groups -OCH3 is 2. The summed E-state index contributed by atoms with van der Waals surface area (Å²) in [6.07, 6.45) is 0.983. The first-order valence-corrected chi connectivity index (χ1v) is 10.1. The number of hydrogen-bond donors (Lipinski definition) is 2. The van der Waals surface area contributed by atoms with Gasteiger partial charge < -0.3 is 20.1 Å². The minimum absolute atomic E-state index is 0.195. The van der Waals surface area contributed by atoms with Crippen LogP contribution in [0.2, 0.25) is 0 Å². The highest BCUT2D eigenvalue weighted by molar-refractivity contribution is 7.80. The van der Waals surface area contributed by atoms with Gasteiger partial charge in [-0.15, -0.1) is 0 Å². The van der Waals surface area contributed by atoms with Crippen LogP contribution in [-0.4, -0.2) is 43.9 Å². The second-order valence-corrected chi connectivity index (χ2v) is 7.28. The van der Waals surface area contributed by atoms with Gasteiger partial charge in [-0.2, -0.15) is 0 Å². The van der Waals surface area contributed by atoms with Gasteiger partial charge in [0.1, 0.15) is 0 Å². The average molecular weight is 400 g/mol. The van der Waals surface area contributed by atoms with Gasteiger partial charge in [0, 0.05) is 26.2 Å². The van der Waals surface area contributed by atoms with E-state index in [0.717, 1.165) is 44.1 Å². The van der Waals surface area contributed by atoms with Crippen LogP contribution in [0.25, 0.3) is 0 Å². The van der Waals surface area contributed by atoms with Crippen LogP contribution >= 0.6 is 12.2 Å². The van der Waals surface area contributed by atoms with Crippen molar-refractivity contribution in [3.63, 3.8) is 0 Å². The van der Waals surface area contributed by atoms with Gasteiger partial charge in [0.25, 0.3) is 0 Å². The summed E-state index contributed by atoms with van der Waals surface area (Å²) in [5.41, 5.74) is 3.89. The molecule has 0 fully saturated rings. The molecule has 3 rings (SSSR count). The summed E-state index contributed by atoms with van der Waals surface area (Å²) in [4.78, 5) is 2.51. The average Bonchev–Trinajstić information content (AvgIpc) is 2.72. The number of thiocarbonyl (C=S) groups is 1. The maximum Gasteiger partial charge on any atom is 0.166 e. The van der Waals surface area contributed by atoms with Gasteiger partial charge in [0.2, 0.25) is 0 Å². The fourth-order valence-corrected chi connectivity index (χ4v) is 3.97. The maximum absolute atomic E-state index is 5.57. The van der Waals surface area contributed by atoms with Crippen LogP contribution in [0.3, 0.4) is 0 Å². The lowest BCUT2D eigenvalue weighted by Crippen LogP contribution is -2.44.